The van der Waals surface area contributed by atoms with Gasteiger partial charge in [-0.1, -0.05) is 30.3 Å². The first kappa shape index (κ1) is 16.9. The normalized spacial score (nSPS) is 20.1. The minimum Gasteiger partial charge on any atom is -0.333 e. The number of piperazine rings is 1. The number of rotatable bonds is 5. The molecule has 2 rings (SSSR count). The third kappa shape index (κ3) is 4.79. The number of benzene rings is 1. The van der Waals surface area contributed by atoms with E-state index in [1.165, 1.54) is 0 Å². The first-order valence-electron chi connectivity index (χ1n) is 7.34. The van der Waals surface area contributed by atoms with Crippen molar-refractivity contribution in [3.05, 3.63) is 35.9 Å². The molecule has 0 radical (unpaired) electrons. The summed E-state index contributed by atoms with van der Waals surface area (Å²) in [6.07, 6.45) is 1.28. The molecule has 1 aromatic carbocycles. The van der Waals surface area contributed by atoms with Crippen molar-refractivity contribution in [2.24, 2.45) is 0 Å². The van der Waals surface area contributed by atoms with E-state index in [1.54, 1.807) is 0 Å². The smallest absolute Gasteiger partial charge is 0.224 e. The number of nitrogens with zero attached hydrogens (tertiary/aromatic N) is 2. The molecule has 122 valence electrons. The van der Waals surface area contributed by atoms with E-state index in [-0.39, 0.29) is 24.9 Å². The maximum atomic E-state index is 12.4. The summed E-state index contributed by atoms with van der Waals surface area (Å²) in [4.78, 5) is 16.5. The van der Waals surface area contributed by atoms with Crippen LogP contribution in [0.1, 0.15) is 18.0 Å². The SMILES string of the molecule is CN1CCN(C(=O)CCNS(C)(=O)=O)[C@@H](c2ccccc2)C1. The van der Waals surface area contributed by atoms with Crippen LogP contribution in [-0.2, 0) is 14.8 Å². The summed E-state index contributed by atoms with van der Waals surface area (Å²) in [7, 11) is -1.21. The lowest BCUT2D eigenvalue weighted by Crippen LogP contribution is -2.49. The van der Waals surface area contributed by atoms with E-state index in [4.69, 9.17) is 0 Å². The van der Waals surface area contributed by atoms with E-state index in [9.17, 15) is 13.2 Å². The molecule has 1 heterocycles. The Morgan fingerprint density at radius 3 is 2.59 bits per heavy atom. The molecule has 1 N–H and O–H groups in total. The number of hydrogen-bond acceptors (Lipinski definition) is 4. The second-order valence-corrected chi connectivity index (χ2v) is 7.53. The first-order chi connectivity index (χ1) is 10.4. The van der Waals surface area contributed by atoms with Crippen LogP contribution in [0, 0.1) is 0 Å². The van der Waals surface area contributed by atoms with Crippen LogP contribution in [0.5, 0.6) is 0 Å². The predicted molar refractivity (Wildman–Crippen MR) is 85.9 cm³/mol. The van der Waals surface area contributed by atoms with Gasteiger partial charge >= 0.3 is 0 Å². The quantitative estimate of drug-likeness (QED) is 0.853. The Labute approximate surface area is 132 Å². The fourth-order valence-corrected chi connectivity index (χ4v) is 3.14. The van der Waals surface area contributed by atoms with Crippen molar-refractivity contribution < 1.29 is 13.2 Å². The van der Waals surface area contributed by atoms with Gasteiger partial charge in [0.05, 0.1) is 12.3 Å². The van der Waals surface area contributed by atoms with Crippen LogP contribution in [0.2, 0.25) is 0 Å². The molecule has 1 amide bonds. The van der Waals surface area contributed by atoms with Crippen molar-refractivity contribution in [2.75, 3.05) is 39.5 Å². The summed E-state index contributed by atoms with van der Waals surface area (Å²) < 4.78 is 24.5. The molecule has 1 saturated heterocycles. The van der Waals surface area contributed by atoms with Gasteiger partial charge in [0, 0.05) is 32.6 Å². The molecule has 1 aliphatic heterocycles. The number of carbonyl (C=O) groups excluding carboxylic acids is 1. The third-order valence-corrected chi connectivity index (χ3v) is 4.52. The zero-order chi connectivity index (χ0) is 16.2. The van der Waals surface area contributed by atoms with Crippen LogP contribution >= 0.6 is 0 Å². The van der Waals surface area contributed by atoms with Gasteiger partial charge in [-0.15, -0.1) is 0 Å². The summed E-state index contributed by atoms with van der Waals surface area (Å²) in [6, 6.07) is 9.97. The Hall–Kier alpha value is -1.44. The van der Waals surface area contributed by atoms with Gasteiger partial charge in [0.15, 0.2) is 0 Å². The number of hydrogen-bond donors (Lipinski definition) is 1. The van der Waals surface area contributed by atoms with E-state index in [0.29, 0.717) is 6.54 Å². The maximum Gasteiger partial charge on any atom is 0.224 e. The molecule has 1 aliphatic rings. The molecular weight excluding hydrogens is 302 g/mol. The van der Waals surface area contributed by atoms with E-state index < -0.39 is 10.0 Å². The number of amides is 1. The van der Waals surface area contributed by atoms with Crippen molar-refractivity contribution in [3.63, 3.8) is 0 Å². The minimum atomic E-state index is -3.25. The largest absolute Gasteiger partial charge is 0.333 e. The molecule has 0 spiro atoms. The molecule has 22 heavy (non-hydrogen) atoms. The molecule has 6 nitrogen and oxygen atoms in total. The third-order valence-electron chi connectivity index (χ3n) is 3.79. The fourth-order valence-electron chi connectivity index (χ4n) is 2.67. The number of likely N-dealkylation sites (N-methyl/N-ethyl adjacent to an activating group) is 1. The van der Waals surface area contributed by atoms with Gasteiger partial charge < -0.3 is 9.80 Å². The van der Waals surface area contributed by atoms with Crippen molar-refractivity contribution in [2.45, 2.75) is 12.5 Å². The summed E-state index contributed by atoms with van der Waals surface area (Å²) >= 11 is 0. The van der Waals surface area contributed by atoms with Crippen LogP contribution < -0.4 is 4.72 Å². The zero-order valence-corrected chi connectivity index (χ0v) is 13.8. The monoisotopic (exact) mass is 325 g/mol. The highest BCUT2D eigenvalue weighted by atomic mass is 32.2. The second-order valence-electron chi connectivity index (χ2n) is 5.69. The summed E-state index contributed by atoms with van der Waals surface area (Å²) in [5, 5.41) is 0. The molecule has 7 heteroatoms. The molecule has 0 bridgehead atoms. The average molecular weight is 325 g/mol. The lowest BCUT2D eigenvalue weighted by molar-refractivity contribution is -0.136. The Morgan fingerprint density at radius 1 is 1.27 bits per heavy atom. The standard InChI is InChI=1S/C15H23N3O3S/c1-17-10-11-18(15(19)8-9-16-22(2,20)21)14(12-17)13-6-4-3-5-7-13/h3-7,14,16H,8-12H2,1-2H3/t14-/m1/s1. The van der Waals surface area contributed by atoms with E-state index in [2.05, 4.69) is 9.62 Å². The molecule has 1 aromatic rings. The summed E-state index contributed by atoms with van der Waals surface area (Å²) in [5.74, 6) is -0.0156. The lowest BCUT2D eigenvalue weighted by atomic mass is 10.0. The lowest BCUT2D eigenvalue weighted by Gasteiger charge is -2.40. The van der Waals surface area contributed by atoms with Crippen molar-refractivity contribution in [3.8, 4) is 0 Å². The van der Waals surface area contributed by atoms with Gasteiger partial charge in [-0.25, -0.2) is 13.1 Å². The highest BCUT2D eigenvalue weighted by molar-refractivity contribution is 7.88. The molecule has 1 atom stereocenters. The van der Waals surface area contributed by atoms with Crippen molar-refractivity contribution in [1.82, 2.24) is 14.5 Å². The molecular formula is C15H23N3O3S. The van der Waals surface area contributed by atoms with Gasteiger partial charge in [0.1, 0.15) is 0 Å². The average Bonchev–Trinajstić information content (AvgIpc) is 2.46. The fraction of sp³-hybridized carbons (Fsp3) is 0.533. The van der Waals surface area contributed by atoms with Crippen LogP contribution in [-0.4, -0.2) is 63.6 Å². The Kier molecular flexibility index (Phi) is 5.55. The predicted octanol–water partition coefficient (Wildman–Crippen LogP) is 0.441. The number of sulfonamides is 1. The van der Waals surface area contributed by atoms with E-state index >= 15 is 0 Å². The van der Waals surface area contributed by atoms with Crippen LogP contribution in [0.25, 0.3) is 0 Å². The van der Waals surface area contributed by atoms with E-state index in [0.717, 1.165) is 24.9 Å². The topological polar surface area (TPSA) is 69.7 Å². The first-order valence-corrected chi connectivity index (χ1v) is 9.23. The Bertz CT molecular complexity index is 604. The second kappa shape index (κ2) is 7.21. The highest BCUT2D eigenvalue weighted by Crippen LogP contribution is 2.25. The molecule has 0 unspecified atom stereocenters. The van der Waals surface area contributed by atoms with E-state index in [1.807, 2.05) is 42.3 Å². The summed E-state index contributed by atoms with van der Waals surface area (Å²) in [6.45, 7) is 2.42. The van der Waals surface area contributed by atoms with Crippen LogP contribution in [0.4, 0.5) is 0 Å². The van der Waals surface area contributed by atoms with Crippen molar-refractivity contribution >= 4 is 15.9 Å². The molecule has 1 fully saturated rings. The van der Waals surface area contributed by atoms with Gasteiger partial charge in [-0.3, -0.25) is 4.79 Å². The number of nitrogens with one attached hydrogen (secondary N) is 1. The zero-order valence-electron chi connectivity index (χ0n) is 13.0. The molecule has 0 aliphatic carbocycles. The Balaban J connectivity index is 2.04. The summed E-state index contributed by atoms with van der Waals surface area (Å²) in [5.41, 5.74) is 1.11. The Morgan fingerprint density at radius 2 is 1.95 bits per heavy atom. The van der Waals surface area contributed by atoms with Crippen LogP contribution in [0.3, 0.4) is 0 Å². The number of carbonyl (C=O) groups is 1. The van der Waals surface area contributed by atoms with Gasteiger partial charge in [0.25, 0.3) is 0 Å². The van der Waals surface area contributed by atoms with Crippen molar-refractivity contribution in [1.29, 1.82) is 0 Å². The minimum absolute atomic E-state index is 0.0156. The van der Waals surface area contributed by atoms with Gasteiger partial charge in [0.2, 0.25) is 15.9 Å². The maximum absolute atomic E-state index is 12.4. The molecule has 0 aromatic heterocycles. The highest BCUT2D eigenvalue weighted by Gasteiger charge is 2.29. The van der Waals surface area contributed by atoms with Gasteiger partial charge in [-0.05, 0) is 12.6 Å². The van der Waals surface area contributed by atoms with Crippen LogP contribution in [0.15, 0.2) is 30.3 Å². The molecule has 0 saturated carbocycles. The van der Waals surface area contributed by atoms with Gasteiger partial charge in [-0.2, -0.15) is 0 Å².